The first-order valence-electron chi connectivity index (χ1n) is 16.2. The number of anilines is 1. The number of fused-ring (bicyclic) bond motifs is 1. The molecule has 2 aromatic heterocycles. The number of thiazole rings is 1. The third kappa shape index (κ3) is 8.73. The van der Waals surface area contributed by atoms with Crippen LogP contribution in [0.25, 0.3) is 32.6 Å². The van der Waals surface area contributed by atoms with E-state index in [1.807, 2.05) is 17.5 Å². The molecule has 0 aliphatic heterocycles. The second kappa shape index (κ2) is 14.8. The van der Waals surface area contributed by atoms with Crippen LogP contribution in [-0.4, -0.2) is 53.2 Å². The van der Waals surface area contributed by atoms with Crippen LogP contribution in [0.3, 0.4) is 0 Å². The first-order chi connectivity index (χ1) is 23.9. The summed E-state index contributed by atoms with van der Waals surface area (Å²) in [6.45, 7) is 5.69. The molecule has 6 rings (SSSR count). The van der Waals surface area contributed by atoms with Gasteiger partial charge in [0.25, 0.3) is 10.0 Å². The number of sulfonamides is 1. The van der Waals surface area contributed by atoms with Crippen LogP contribution >= 0.6 is 11.3 Å². The highest BCUT2D eigenvalue weighted by Gasteiger charge is 2.25. The van der Waals surface area contributed by atoms with E-state index in [0.29, 0.717) is 17.7 Å². The minimum atomic E-state index is -3.85. The minimum Gasteiger partial charge on any atom is -0.444 e. The Balaban J connectivity index is 1.08. The van der Waals surface area contributed by atoms with Gasteiger partial charge in [-0.2, -0.15) is 0 Å². The normalized spacial score (nSPS) is 12.4. The molecule has 0 bridgehead atoms. The van der Waals surface area contributed by atoms with Crippen molar-refractivity contribution in [2.45, 2.75) is 43.8 Å². The molecule has 6 aromatic rings. The number of amides is 1. The molecule has 0 aliphatic carbocycles. The molecule has 2 heterocycles. The second-order valence-corrected chi connectivity index (χ2v) is 15.4. The van der Waals surface area contributed by atoms with Crippen molar-refractivity contribution in [2.24, 2.45) is 0 Å². The van der Waals surface area contributed by atoms with Crippen LogP contribution in [-0.2, 0) is 21.2 Å². The Bertz CT molecular complexity index is 2180. The number of nitrogens with zero attached hydrogens (tertiary/aromatic N) is 3. The Morgan fingerprint density at radius 3 is 2.34 bits per heavy atom. The van der Waals surface area contributed by atoms with Crippen LogP contribution < -0.4 is 4.72 Å². The van der Waals surface area contributed by atoms with Crippen molar-refractivity contribution in [1.82, 2.24) is 14.9 Å². The van der Waals surface area contributed by atoms with Gasteiger partial charge in [0.1, 0.15) is 10.6 Å². The molecule has 1 atom stereocenters. The fourth-order valence-electron chi connectivity index (χ4n) is 5.35. The van der Waals surface area contributed by atoms with E-state index in [4.69, 9.17) is 9.72 Å². The quantitative estimate of drug-likeness (QED) is 0.139. The molecule has 2 N–H and O–H groups in total. The predicted octanol–water partition coefficient (Wildman–Crippen LogP) is 8.34. The van der Waals surface area contributed by atoms with Gasteiger partial charge in [-0.3, -0.25) is 9.71 Å². The van der Waals surface area contributed by atoms with Gasteiger partial charge in [0.05, 0.1) is 23.2 Å². The van der Waals surface area contributed by atoms with Crippen molar-refractivity contribution in [3.8, 4) is 21.8 Å². The monoisotopic (exact) mass is 706 g/mol. The lowest BCUT2D eigenvalue weighted by atomic mass is 10.1. The summed E-state index contributed by atoms with van der Waals surface area (Å²) in [6, 6.07) is 31.6. The first kappa shape index (κ1) is 34.8. The van der Waals surface area contributed by atoms with Gasteiger partial charge in [-0.05, 0) is 79.9 Å². The zero-order valence-corrected chi connectivity index (χ0v) is 29.6. The van der Waals surface area contributed by atoms with Crippen molar-refractivity contribution in [3.63, 3.8) is 0 Å². The third-order valence-corrected chi connectivity index (χ3v) is 10.2. The molecular weight excluding hydrogens is 669 g/mol. The Kier molecular flexibility index (Phi) is 10.3. The number of hydrogen-bond donors (Lipinski definition) is 2. The molecule has 9 nitrogen and oxygen atoms in total. The summed E-state index contributed by atoms with van der Waals surface area (Å²) < 4.78 is 34.7. The minimum absolute atomic E-state index is 0.0332. The maximum atomic E-state index is 13.2. The highest BCUT2D eigenvalue weighted by atomic mass is 32.2. The number of carbonyl (C=O) groups is 1. The lowest BCUT2D eigenvalue weighted by Crippen LogP contribution is -2.40. The molecule has 50 heavy (non-hydrogen) atoms. The molecule has 0 fully saturated rings. The Hall–Kier alpha value is -5.10. The molecule has 0 saturated carbocycles. The topological polar surface area (TPSA) is 122 Å². The van der Waals surface area contributed by atoms with E-state index in [2.05, 4.69) is 40.0 Å². The number of benzene rings is 4. The Morgan fingerprint density at radius 2 is 1.64 bits per heavy atom. The van der Waals surface area contributed by atoms with Crippen LogP contribution in [0, 0.1) is 0 Å². The van der Waals surface area contributed by atoms with E-state index in [-0.39, 0.29) is 18.0 Å². The SMILES string of the molecule is CC(C)(C)OC(=O)N(CCc1ccc(NS(=O)(=O)c2ccc(-c3nc(-c4ccc5ccccc5c4)cs3)cc2)cc1)C[C@H](O)c1cccnc1. The predicted molar refractivity (Wildman–Crippen MR) is 198 cm³/mol. The summed E-state index contributed by atoms with van der Waals surface area (Å²) >= 11 is 1.51. The molecule has 4 aromatic carbocycles. The van der Waals surface area contributed by atoms with E-state index in [0.717, 1.165) is 32.8 Å². The summed E-state index contributed by atoms with van der Waals surface area (Å²) in [4.78, 5) is 23.5. The molecule has 0 saturated heterocycles. The zero-order valence-electron chi connectivity index (χ0n) is 28.0. The zero-order chi connectivity index (χ0) is 35.3. The average molecular weight is 707 g/mol. The highest BCUT2D eigenvalue weighted by molar-refractivity contribution is 7.92. The smallest absolute Gasteiger partial charge is 0.410 e. The number of nitrogens with one attached hydrogen (secondary N) is 1. The van der Waals surface area contributed by atoms with Gasteiger partial charge in [0.2, 0.25) is 0 Å². The molecule has 0 spiro atoms. The molecule has 11 heteroatoms. The van der Waals surface area contributed by atoms with Crippen LogP contribution in [0.4, 0.5) is 10.5 Å². The summed E-state index contributed by atoms with van der Waals surface area (Å²) in [5.41, 5.74) is 3.93. The summed E-state index contributed by atoms with van der Waals surface area (Å²) in [5.74, 6) is 0. The van der Waals surface area contributed by atoms with Crippen molar-refractivity contribution in [1.29, 1.82) is 0 Å². The van der Waals surface area contributed by atoms with Gasteiger partial charge in [0.15, 0.2) is 0 Å². The van der Waals surface area contributed by atoms with Gasteiger partial charge < -0.3 is 14.7 Å². The maximum Gasteiger partial charge on any atom is 0.410 e. The van der Waals surface area contributed by atoms with E-state index >= 15 is 0 Å². The molecule has 0 unspecified atom stereocenters. The molecular formula is C39H38N4O5S2. The van der Waals surface area contributed by atoms with Gasteiger partial charge in [-0.1, -0.05) is 66.7 Å². The van der Waals surface area contributed by atoms with Gasteiger partial charge >= 0.3 is 6.09 Å². The van der Waals surface area contributed by atoms with Crippen LogP contribution in [0.5, 0.6) is 0 Å². The van der Waals surface area contributed by atoms with E-state index in [1.165, 1.54) is 21.6 Å². The number of pyridine rings is 1. The Labute approximate surface area is 296 Å². The Morgan fingerprint density at radius 1 is 0.920 bits per heavy atom. The summed E-state index contributed by atoms with van der Waals surface area (Å²) in [7, 11) is -3.85. The summed E-state index contributed by atoms with van der Waals surface area (Å²) in [6.07, 6.45) is 2.18. The van der Waals surface area contributed by atoms with E-state index in [1.54, 1.807) is 93.8 Å². The number of aliphatic hydroxyl groups excluding tert-OH is 1. The second-order valence-electron chi connectivity index (χ2n) is 12.9. The number of carbonyl (C=O) groups excluding carboxylic acids is 1. The first-order valence-corrected chi connectivity index (χ1v) is 18.5. The fraction of sp³-hybridized carbons (Fsp3) is 0.205. The van der Waals surface area contributed by atoms with E-state index in [9.17, 15) is 18.3 Å². The fourth-order valence-corrected chi connectivity index (χ4v) is 7.25. The van der Waals surface area contributed by atoms with Gasteiger partial charge in [-0.15, -0.1) is 11.3 Å². The standard InChI is InChI=1S/C39H38N4O5S2/c1-39(2,3)48-38(45)43(25-36(44)32-9-6-21-40-24-32)22-20-27-10-16-33(17-11-27)42-50(46,47)34-18-14-29(15-19-34)37-41-35(26-49-37)31-13-12-28-7-4-5-8-30(28)23-31/h4-19,21,23-24,26,36,42,44H,20,22,25H2,1-3H3/t36-/m0/s1. The number of ether oxygens (including phenoxy) is 1. The molecule has 0 aliphatic rings. The van der Waals surface area contributed by atoms with Crippen LogP contribution in [0.2, 0.25) is 0 Å². The third-order valence-electron chi connectivity index (χ3n) is 7.95. The lowest BCUT2D eigenvalue weighted by Gasteiger charge is -2.29. The highest BCUT2D eigenvalue weighted by Crippen LogP contribution is 2.31. The number of hydrogen-bond acceptors (Lipinski definition) is 8. The number of aromatic nitrogens is 2. The number of aliphatic hydroxyl groups is 1. The molecule has 1 amide bonds. The van der Waals surface area contributed by atoms with Gasteiger partial charge in [-0.25, -0.2) is 18.2 Å². The van der Waals surface area contributed by atoms with Crippen molar-refractivity contribution in [2.75, 3.05) is 17.8 Å². The lowest BCUT2D eigenvalue weighted by molar-refractivity contribution is 0.0146. The molecule has 0 radical (unpaired) electrons. The van der Waals surface area contributed by atoms with Crippen LogP contribution in [0.1, 0.15) is 38.0 Å². The summed E-state index contributed by atoms with van der Waals surface area (Å²) in [5, 5.41) is 15.9. The van der Waals surface area contributed by atoms with Crippen molar-refractivity contribution < 1.29 is 23.1 Å². The average Bonchev–Trinajstić information content (AvgIpc) is 3.60. The maximum absolute atomic E-state index is 13.2. The molecule has 256 valence electrons. The van der Waals surface area contributed by atoms with Crippen molar-refractivity contribution >= 4 is 43.9 Å². The van der Waals surface area contributed by atoms with Gasteiger partial charge in [0, 0.05) is 46.7 Å². The van der Waals surface area contributed by atoms with Crippen LogP contribution in [0.15, 0.2) is 126 Å². The number of rotatable bonds is 11. The largest absolute Gasteiger partial charge is 0.444 e. The van der Waals surface area contributed by atoms with E-state index < -0.39 is 27.8 Å². The van der Waals surface area contributed by atoms with Crippen molar-refractivity contribution in [3.05, 3.63) is 132 Å².